The molecule has 2 aromatic carbocycles. The smallest absolute Gasteiger partial charge is 0.315 e. The number of fused-ring (bicyclic) bond motifs is 1. The van der Waals surface area contributed by atoms with Crippen LogP contribution in [0, 0.1) is 0 Å². The minimum absolute atomic E-state index is 0.0918. The van der Waals surface area contributed by atoms with Crippen molar-refractivity contribution in [3.8, 4) is 0 Å². The summed E-state index contributed by atoms with van der Waals surface area (Å²) in [6, 6.07) is 17.5. The number of hydrogen-bond donors (Lipinski definition) is 3. The average Bonchev–Trinajstić information content (AvgIpc) is 3.17. The largest absolute Gasteiger partial charge is 0.342 e. The molecule has 0 aromatic heterocycles. The summed E-state index contributed by atoms with van der Waals surface area (Å²) in [6.45, 7) is 2.26. The molecule has 0 bridgehead atoms. The molecule has 0 radical (unpaired) electrons. The maximum absolute atomic E-state index is 12.9. The molecule has 4 rings (SSSR count). The van der Waals surface area contributed by atoms with Crippen molar-refractivity contribution < 1.29 is 14.4 Å². The molecule has 2 heterocycles. The van der Waals surface area contributed by atoms with Gasteiger partial charge in [0, 0.05) is 13.0 Å². The highest BCUT2D eigenvalue weighted by atomic mass is 16.2. The number of rotatable bonds is 5. The summed E-state index contributed by atoms with van der Waals surface area (Å²) >= 11 is 0. The van der Waals surface area contributed by atoms with Crippen LogP contribution >= 0.6 is 0 Å². The zero-order valence-electron chi connectivity index (χ0n) is 16.9. The van der Waals surface area contributed by atoms with Gasteiger partial charge in [-0.3, -0.25) is 9.59 Å². The van der Waals surface area contributed by atoms with Crippen molar-refractivity contribution in [1.29, 1.82) is 0 Å². The Kier molecular flexibility index (Phi) is 5.70. The topological polar surface area (TPSA) is 90.5 Å². The van der Waals surface area contributed by atoms with E-state index in [0.717, 1.165) is 11.1 Å². The lowest BCUT2D eigenvalue weighted by Crippen LogP contribution is -2.61. The summed E-state index contributed by atoms with van der Waals surface area (Å²) < 4.78 is 0. The van der Waals surface area contributed by atoms with Crippen molar-refractivity contribution in [2.75, 3.05) is 6.54 Å². The number of carbonyl (C=O) groups is 3. The number of urea groups is 1. The molecular formula is C23H26N4O3. The minimum Gasteiger partial charge on any atom is -0.342 e. The van der Waals surface area contributed by atoms with Gasteiger partial charge in [0.15, 0.2) is 0 Å². The maximum atomic E-state index is 12.9. The van der Waals surface area contributed by atoms with Crippen molar-refractivity contribution in [2.24, 2.45) is 0 Å². The average molecular weight is 406 g/mol. The van der Waals surface area contributed by atoms with Crippen molar-refractivity contribution in [3.05, 3.63) is 71.8 Å². The number of hydrogen-bond acceptors (Lipinski definition) is 3. The molecule has 7 nitrogen and oxygen atoms in total. The highest BCUT2D eigenvalue weighted by Gasteiger charge is 2.46. The van der Waals surface area contributed by atoms with Gasteiger partial charge in [-0.1, -0.05) is 60.7 Å². The van der Waals surface area contributed by atoms with Crippen LogP contribution in [0.25, 0.3) is 0 Å². The Balaban J connectivity index is 1.35. The highest BCUT2D eigenvalue weighted by Crippen LogP contribution is 2.24. The SMILES string of the molecule is C[C@H](NC(=O)N[C@H]1C[C@H]2C(=O)N[C@@H](Cc3ccccc3)C(=O)N2C1)c1ccccc1. The fourth-order valence-electron chi connectivity index (χ4n) is 4.20. The molecule has 0 unspecified atom stereocenters. The number of amides is 4. The maximum Gasteiger partial charge on any atom is 0.315 e. The van der Waals surface area contributed by atoms with Gasteiger partial charge in [-0.05, 0) is 24.5 Å². The fourth-order valence-corrected chi connectivity index (χ4v) is 4.20. The van der Waals surface area contributed by atoms with Gasteiger partial charge in [-0.2, -0.15) is 0 Å². The molecule has 4 atom stereocenters. The molecule has 0 spiro atoms. The molecule has 4 amide bonds. The Morgan fingerprint density at radius 3 is 2.47 bits per heavy atom. The third-order valence-electron chi connectivity index (χ3n) is 5.77. The van der Waals surface area contributed by atoms with Crippen molar-refractivity contribution in [3.63, 3.8) is 0 Å². The highest BCUT2D eigenvalue weighted by molar-refractivity contribution is 5.97. The molecule has 156 valence electrons. The summed E-state index contributed by atoms with van der Waals surface area (Å²) in [6.07, 6.45) is 0.880. The monoisotopic (exact) mass is 406 g/mol. The molecular weight excluding hydrogens is 380 g/mol. The summed E-state index contributed by atoms with van der Waals surface area (Å²) in [5.74, 6) is -0.247. The van der Waals surface area contributed by atoms with Crippen molar-refractivity contribution in [2.45, 2.75) is 43.9 Å². The molecule has 30 heavy (non-hydrogen) atoms. The number of piperazine rings is 1. The first kappa shape index (κ1) is 19.9. The van der Waals surface area contributed by atoms with E-state index >= 15 is 0 Å². The van der Waals surface area contributed by atoms with E-state index in [0.29, 0.717) is 19.4 Å². The molecule has 3 N–H and O–H groups in total. The van der Waals surface area contributed by atoms with Gasteiger partial charge in [0.2, 0.25) is 11.8 Å². The van der Waals surface area contributed by atoms with E-state index in [4.69, 9.17) is 0 Å². The minimum atomic E-state index is -0.568. The second-order valence-electron chi connectivity index (χ2n) is 7.94. The van der Waals surface area contributed by atoms with Gasteiger partial charge in [0.1, 0.15) is 12.1 Å². The van der Waals surface area contributed by atoms with Gasteiger partial charge in [0.05, 0.1) is 12.1 Å². The number of nitrogens with zero attached hydrogens (tertiary/aromatic N) is 1. The van der Waals surface area contributed by atoms with E-state index in [9.17, 15) is 14.4 Å². The van der Waals surface area contributed by atoms with Crippen LogP contribution in [0.5, 0.6) is 0 Å². The summed E-state index contributed by atoms with van der Waals surface area (Å²) in [7, 11) is 0. The van der Waals surface area contributed by atoms with Crippen molar-refractivity contribution in [1.82, 2.24) is 20.9 Å². The van der Waals surface area contributed by atoms with Crippen LogP contribution in [0.2, 0.25) is 0 Å². The van der Waals surface area contributed by atoms with Gasteiger partial charge >= 0.3 is 6.03 Å². The predicted octanol–water partition coefficient (Wildman–Crippen LogP) is 1.76. The van der Waals surface area contributed by atoms with Crippen LogP contribution in [-0.4, -0.2) is 47.4 Å². The first-order valence-electron chi connectivity index (χ1n) is 10.3. The Morgan fingerprint density at radius 1 is 1.10 bits per heavy atom. The van der Waals surface area contributed by atoms with Crippen LogP contribution in [0.1, 0.15) is 30.5 Å². The Morgan fingerprint density at radius 2 is 1.77 bits per heavy atom. The van der Waals surface area contributed by atoms with Crippen LogP contribution in [0.4, 0.5) is 4.79 Å². The molecule has 0 aliphatic carbocycles. The predicted molar refractivity (Wildman–Crippen MR) is 113 cm³/mol. The fraction of sp³-hybridized carbons (Fsp3) is 0.348. The van der Waals surface area contributed by atoms with Gasteiger partial charge < -0.3 is 20.9 Å². The van der Waals surface area contributed by atoms with E-state index in [2.05, 4.69) is 16.0 Å². The van der Waals surface area contributed by atoms with Gasteiger partial charge in [0.25, 0.3) is 0 Å². The second-order valence-corrected chi connectivity index (χ2v) is 7.94. The van der Waals surface area contributed by atoms with E-state index < -0.39 is 12.1 Å². The standard InChI is InChI=1S/C23H26N4O3/c1-15(17-10-6-3-7-11-17)24-23(30)25-18-13-20-21(28)26-19(22(29)27(20)14-18)12-16-8-4-2-5-9-16/h2-11,15,18-20H,12-14H2,1H3,(H,26,28)(H2,24,25,30)/t15-,18-,19-,20-/m0/s1. The van der Waals surface area contributed by atoms with Gasteiger partial charge in [-0.15, -0.1) is 0 Å². The zero-order chi connectivity index (χ0) is 21.1. The lowest BCUT2D eigenvalue weighted by atomic mass is 10.0. The first-order chi connectivity index (χ1) is 14.5. The molecule has 2 aromatic rings. The van der Waals surface area contributed by atoms with Crippen LogP contribution < -0.4 is 16.0 Å². The molecule has 7 heteroatoms. The number of benzene rings is 2. The molecule has 2 fully saturated rings. The van der Waals surface area contributed by atoms with E-state index in [1.807, 2.05) is 67.6 Å². The lowest BCUT2D eigenvalue weighted by Gasteiger charge is -2.34. The van der Waals surface area contributed by atoms with E-state index in [-0.39, 0.29) is 29.9 Å². The van der Waals surface area contributed by atoms with E-state index in [1.165, 1.54) is 0 Å². The normalized spacial score (nSPS) is 24.0. The Labute approximate surface area is 175 Å². The Hall–Kier alpha value is -3.35. The third kappa shape index (κ3) is 4.30. The van der Waals surface area contributed by atoms with E-state index in [1.54, 1.807) is 4.90 Å². The Bertz CT molecular complexity index is 919. The lowest BCUT2D eigenvalue weighted by molar-refractivity contribution is -0.147. The molecule has 2 saturated heterocycles. The molecule has 0 saturated carbocycles. The summed E-state index contributed by atoms with van der Waals surface area (Å²) in [4.78, 5) is 39.6. The third-order valence-corrected chi connectivity index (χ3v) is 5.77. The summed E-state index contributed by atoms with van der Waals surface area (Å²) in [5.41, 5.74) is 2.01. The van der Waals surface area contributed by atoms with Crippen LogP contribution in [0.15, 0.2) is 60.7 Å². The van der Waals surface area contributed by atoms with Gasteiger partial charge in [-0.25, -0.2) is 4.79 Å². The quantitative estimate of drug-likeness (QED) is 0.707. The second kappa shape index (κ2) is 8.57. The molecule has 2 aliphatic heterocycles. The number of nitrogens with one attached hydrogen (secondary N) is 3. The zero-order valence-corrected chi connectivity index (χ0v) is 16.9. The first-order valence-corrected chi connectivity index (χ1v) is 10.3. The molecule has 2 aliphatic rings. The van der Waals surface area contributed by atoms with Crippen LogP contribution in [-0.2, 0) is 16.0 Å². The number of carbonyl (C=O) groups excluding carboxylic acids is 3. The summed E-state index contributed by atoms with van der Waals surface area (Å²) in [5, 5.41) is 8.69. The van der Waals surface area contributed by atoms with Crippen LogP contribution in [0.3, 0.4) is 0 Å². The van der Waals surface area contributed by atoms with Crippen molar-refractivity contribution >= 4 is 17.8 Å².